The molecule has 0 bridgehead atoms. The van der Waals surface area contributed by atoms with Gasteiger partial charge >= 0.3 is 0 Å². The number of halogens is 1. The molecule has 0 spiro atoms. The van der Waals surface area contributed by atoms with Crippen molar-refractivity contribution in [3.63, 3.8) is 0 Å². The third-order valence-corrected chi connectivity index (χ3v) is 4.23. The molecule has 0 saturated carbocycles. The van der Waals surface area contributed by atoms with Crippen molar-refractivity contribution >= 4 is 21.7 Å². The molecule has 0 aromatic heterocycles. The summed E-state index contributed by atoms with van der Waals surface area (Å²) in [4.78, 5) is 23.2. The van der Waals surface area contributed by atoms with Crippen molar-refractivity contribution in [2.75, 3.05) is 0 Å². The average molecular weight is 342 g/mol. The Morgan fingerprint density at radius 1 is 1.10 bits per heavy atom. The molecule has 0 N–H and O–H groups in total. The highest BCUT2D eigenvalue weighted by Crippen LogP contribution is 2.32. The number of Topliss-reactive ketones (excluding diaryl/α,β-unsaturated/α-hetero) is 1. The van der Waals surface area contributed by atoms with Crippen molar-refractivity contribution in [1.82, 2.24) is 0 Å². The van der Waals surface area contributed by atoms with Crippen molar-refractivity contribution < 1.29 is 9.72 Å². The Labute approximate surface area is 127 Å². The molecule has 0 amide bonds. The molecule has 0 atom stereocenters. The molecule has 5 heteroatoms. The molecule has 0 saturated heterocycles. The van der Waals surface area contributed by atoms with Crippen LogP contribution in [0.15, 0.2) is 0 Å². The number of carbonyl (C=O) groups excluding carboxylic acids is 1. The highest BCUT2D eigenvalue weighted by atomic mass is 79.9. The van der Waals surface area contributed by atoms with Crippen LogP contribution in [0, 0.1) is 37.8 Å². The maximum Gasteiger partial charge on any atom is 0.229 e. The van der Waals surface area contributed by atoms with Gasteiger partial charge in [-0.05, 0) is 63.8 Å². The number of hydrogen-bond acceptors (Lipinski definition) is 3. The number of nitro groups is 1. The molecular formula is C15H20BrNO3. The number of rotatable bonds is 4. The summed E-state index contributed by atoms with van der Waals surface area (Å²) in [5, 5.41) is 10.9. The Bertz CT molecular complexity index is 586. The zero-order chi connectivity index (χ0) is 15.8. The Hall–Kier alpha value is -1.23. The second kappa shape index (κ2) is 5.64. The van der Waals surface area contributed by atoms with Crippen molar-refractivity contribution in [3.8, 4) is 0 Å². The first kappa shape index (κ1) is 16.8. The van der Waals surface area contributed by atoms with E-state index in [-0.39, 0.29) is 17.3 Å². The lowest BCUT2D eigenvalue weighted by Gasteiger charge is -2.22. The van der Waals surface area contributed by atoms with Crippen LogP contribution >= 0.6 is 15.9 Å². The van der Waals surface area contributed by atoms with Gasteiger partial charge in [0.15, 0.2) is 5.78 Å². The van der Waals surface area contributed by atoms with Crippen LogP contribution in [0.3, 0.4) is 0 Å². The first-order chi connectivity index (χ1) is 8.98. The molecule has 0 aliphatic rings. The zero-order valence-electron chi connectivity index (χ0n) is 12.8. The Morgan fingerprint density at radius 3 is 1.95 bits per heavy atom. The molecule has 0 aliphatic carbocycles. The fourth-order valence-corrected chi connectivity index (χ4v) is 2.52. The Morgan fingerprint density at radius 2 is 1.55 bits per heavy atom. The SMILES string of the molecule is Cc1c(C)c(C)c(C(=O)C(C)(C)Br)c(C[N+](=O)[O-])c1C. The second-order valence-electron chi connectivity index (χ2n) is 5.65. The van der Waals surface area contributed by atoms with Crippen LogP contribution in [0.5, 0.6) is 0 Å². The Kier molecular flexibility index (Phi) is 4.74. The van der Waals surface area contributed by atoms with E-state index in [4.69, 9.17) is 0 Å². The highest BCUT2D eigenvalue weighted by Gasteiger charge is 2.31. The van der Waals surface area contributed by atoms with E-state index in [0.717, 1.165) is 22.3 Å². The molecule has 0 fully saturated rings. The molecule has 4 nitrogen and oxygen atoms in total. The van der Waals surface area contributed by atoms with Gasteiger partial charge in [0.05, 0.1) is 4.32 Å². The molecule has 1 rings (SSSR count). The molecule has 0 aliphatic heterocycles. The fraction of sp³-hybridized carbons (Fsp3) is 0.533. The summed E-state index contributed by atoms with van der Waals surface area (Å²) in [6.45, 7) is 10.8. The van der Waals surface area contributed by atoms with Gasteiger partial charge < -0.3 is 0 Å². The summed E-state index contributed by atoms with van der Waals surface area (Å²) >= 11 is 3.36. The summed E-state index contributed by atoms with van der Waals surface area (Å²) in [5.74, 6) is -0.113. The lowest BCUT2D eigenvalue weighted by Crippen LogP contribution is -2.27. The molecule has 0 heterocycles. The minimum absolute atomic E-state index is 0.113. The van der Waals surface area contributed by atoms with Crippen LogP contribution in [-0.2, 0) is 6.54 Å². The third-order valence-electron chi connectivity index (χ3n) is 3.87. The summed E-state index contributed by atoms with van der Waals surface area (Å²) < 4.78 is -0.739. The second-order valence-corrected chi connectivity index (χ2v) is 7.63. The van der Waals surface area contributed by atoms with Crippen LogP contribution in [0.4, 0.5) is 0 Å². The van der Waals surface area contributed by atoms with Gasteiger partial charge in [0.1, 0.15) is 0 Å². The summed E-state index contributed by atoms with van der Waals surface area (Å²) in [5.41, 5.74) is 4.74. The monoisotopic (exact) mass is 341 g/mol. The molecule has 0 unspecified atom stereocenters. The van der Waals surface area contributed by atoms with Crippen molar-refractivity contribution in [3.05, 3.63) is 43.5 Å². The quantitative estimate of drug-likeness (QED) is 0.359. The van der Waals surface area contributed by atoms with E-state index in [0.29, 0.717) is 11.1 Å². The zero-order valence-corrected chi connectivity index (χ0v) is 14.3. The van der Waals surface area contributed by atoms with E-state index in [1.165, 1.54) is 0 Å². The number of hydrogen-bond donors (Lipinski definition) is 0. The smallest absolute Gasteiger partial charge is 0.229 e. The van der Waals surface area contributed by atoms with Crippen molar-refractivity contribution in [1.29, 1.82) is 0 Å². The number of carbonyl (C=O) groups is 1. The van der Waals surface area contributed by atoms with Gasteiger partial charge in [-0.25, -0.2) is 0 Å². The lowest BCUT2D eigenvalue weighted by molar-refractivity contribution is -0.496. The van der Waals surface area contributed by atoms with Gasteiger partial charge in [0.25, 0.3) is 0 Å². The van der Waals surface area contributed by atoms with Gasteiger partial charge in [0, 0.05) is 16.1 Å². The van der Waals surface area contributed by atoms with Crippen LogP contribution in [0.25, 0.3) is 0 Å². The summed E-state index contributed by atoms with van der Waals surface area (Å²) in [7, 11) is 0. The van der Waals surface area contributed by atoms with Crippen molar-refractivity contribution in [2.45, 2.75) is 52.4 Å². The van der Waals surface area contributed by atoms with Crippen LogP contribution in [0.1, 0.15) is 52.0 Å². The van der Waals surface area contributed by atoms with E-state index in [2.05, 4.69) is 15.9 Å². The molecular weight excluding hydrogens is 322 g/mol. The van der Waals surface area contributed by atoms with Gasteiger partial charge in [0.2, 0.25) is 6.54 Å². The fourth-order valence-electron chi connectivity index (χ4n) is 2.32. The van der Waals surface area contributed by atoms with E-state index in [1.54, 1.807) is 13.8 Å². The third kappa shape index (κ3) is 3.08. The van der Waals surface area contributed by atoms with E-state index < -0.39 is 4.32 Å². The normalized spacial score (nSPS) is 11.6. The molecule has 1 aromatic carbocycles. The van der Waals surface area contributed by atoms with Gasteiger partial charge in [-0.3, -0.25) is 14.9 Å². The summed E-state index contributed by atoms with van der Waals surface area (Å²) in [6, 6.07) is 0. The number of benzene rings is 1. The predicted octanol–water partition coefficient (Wildman–Crippen LogP) is 4.05. The van der Waals surface area contributed by atoms with Gasteiger partial charge in [-0.1, -0.05) is 15.9 Å². The summed E-state index contributed by atoms with van der Waals surface area (Å²) in [6.07, 6.45) is 0. The largest absolute Gasteiger partial charge is 0.293 e. The van der Waals surface area contributed by atoms with Gasteiger partial charge in [-0.2, -0.15) is 0 Å². The Balaban J connectivity index is 3.71. The van der Waals surface area contributed by atoms with Crippen LogP contribution in [0.2, 0.25) is 0 Å². The molecule has 0 radical (unpaired) electrons. The maximum absolute atomic E-state index is 12.6. The molecule has 1 aromatic rings. The first-order valence-corrected chi connectivity index (χ1v) is 7.22. The molecule has 110 valence electrons. The first-order valence-electron chi connectivity index (χ1n) is 6.43. The van der Waals surface area contributed by atoms with Crippen molar-refractivity contribution in [2.24, 2.45) is 0 Å². The lowest BCUT2D eigenvalue weighted by atomic mass is 9.84. The van der Waals surface area contributed by atoms with E-state index >= 15 is 0 Å². The van der Waals surface area contributed by atoms with E-state index in [9.17, 15) is 14.9 Å². The number of ketones is 1. The predicted molar refractivity (Wildman–Crippen MR) is 83.4 cm³/mol. The number of nitrogens with zero attached hydrogens (tertiary/aromatic N) is 1. The molecule has 20 heavy (non-hydrogen) atoms. The van der Waals surface area contributed by atoms with Crippen LogP contribution in [-0.4, -0.2) is 15.0 Å². The minimum atomic E-state index is -0.739. The standard InChI is InChI=1S/C15H20BrNO3/c1-8-9(2)11(4)13(14(18)15(5,6)16)12(10(8)3)7-17(19)20/h7H2,1-6H3. The topological polar surface area (TPSA) is 60.2 Å². The maximum atomic E-state index is 12.6. The van der Waals surface area contributed by atoms with Crippen LogP contribution < -0.4 is 0 Å². The number of alkyl halides is 1. The van der Waals surface area contributed by atoms with Gasteiger partial charge in [-0.15, -0.1) is 0 Å². The minimum Gasteiger partial charge on any atom is -0.293 e. The highest BCUT2D eigenvalue weighted by molar-refractivity contribution is 9.10. The van der Waals surface area contributed by atoms with E-state index in [1.807, 2.05) is 27.7 Å². The average Bonchev–Trinajstić information content (AvgIpc) is 2.31.